The van der Waals surface area contributed by atoms with Crippen molar-refractivity contribution in [2.75, 3.05) is 14.1 Å². The summed E-state index contributed by atoms with van der Waals surface area (Å²) in [6.07, 6.45) is 4.23. The van der Waals surface area contributed by atoms with Crippen LogP contribution in [0.15, 0.2) is 0 Å². The van der Waals surface area contributed by atoms with E-state index >= 15 is 0 Å². The Kier molecular flexibility index (Phi) is 3.71. The van der Waals surface area contributed by atoms with Gasteiger partial charge in [0, 0.05) is 26.2 Å². The molecular weight excluding hydrogens is 178 g/mol. The van der Waals surface area contributed by atoms with Gasteiger partial charge in [-0.05, 0) is 25.7 Å². The Labute approximate surface area is 85.5 Å². The number of hydrogen-bond donors (Lipinski definition) is 3. The van der Waals surface area contributed by atoms with Gasteiger partial charge in [-0.2, -0.15) is 0 Å². The van der Waals surface area contributed by atoms with E-state index in [1.165, 1.54) is 5.01 Å². The SMILES string of the molecule is CN(N)C(=N)N(C)C1CCC(N)CC1. The third-order valence-corrected chi connectivity index (χ3v) is 2.96. The Bertz CT molecular complexity index is 195. The second-order valence-corrected chi connectivity index (χ2v) is 4.11. The normalized spacial score (nSPS) is 27.1. The summed E-state index contributed by atoms with van der Waals surface area (Å²) in [5, 5.41) is 9.07. The quantitative estimate of drug-likeness (QED) is 0.239. The molecule has 0 spiro atoms. The molecule has 0 saturated heterocycles. The molecule has 5 nitrogen and oxygen atoms in total. The molecule has 1 fully saturated rings. The van der Waals surface area contributed by atoms with E-state index in [-0.39, 0.29) is 0 Å². The van der Waals surface area contributed by atoms with Crippen LogP contribution in [0.5, 0.6) is 0 Å². The van der Waals surface area contributed by atoms with Gasteiger partial charge < -0.3 is 10.6 Å². The Morgan fingerprint density at radius 3 is 2.14 bits per heavy atom. The fraction of sp³-hybridized carbons (Fsp3) is 0.889. The largest absolute Gasteiger partial charge is 0.342 e. The number of nitrogens with two attached hydrogens (primary N) is 2. The predicted octanol–water partition coefficient (Wildman–Crippen LogP) is -0.0716. The molecule has 0 unspecified atom stereocenters. The lowest BCUT2D eigenvalue weighted by Crippen LogP contribution is -2.49. The summed E-state index contributed by atoms with van der Waals surface area (Å²) in [7, 11) is 3.61. The second kappa shape index (κ2) is 4.61. The van der Waals surface area contributed by atoms with Crippen molar-refractivity contribution in [3.63, 3.8) is 0 Å². The fourth-order valence-electron chi connectivity index (χ4n) is 1.91. The zero-order valence-corrected chi connectivity index (χ0v) is 9.03. The molecule has 0 radical (unpaired) electrons. The summed E-state index contributed by atoms with van der Waals surface area (Å²) in [4.78, 5) is 1.94. The van der Waals surface area contributed by atoms with Crippen molar-refractivity contribution in [2.45, 2.75) is 37.8 Å². The van der Waals surface area contributed by atoms with Crippen LogP contribution >= 0.6 is 0 Å². The van der Waals surface area contributed by atoms with E-state index in [0.29, 0.717) is 18.0 Å². The lowest BCUT2D eigenvalue weighted by Gasteiger charge is -2.36. The van der Waals surface area contributed by atoms with Crippen molar-refractivity contribution in [3.05, 3.63) is 0 Å². The van der Waals surface area contributed by atoms with E-state index in [2.05, 4.69) is 0 Å². The molecule has 0 aromatic carbocycles. The van der Waals surface area contributed by atoms with E-state index in [4.69, 9.17) is 17.0 Å². The number of rotatable bonds is 1. The summed E-state index contributed by atoms with van der Waals surface area (Å²) in [6, 6.07) is 0.776. The van der Waals surface area contributed by atoms with Crippen molar-refractivity contribution < 1.29 is 0 Å². The smallest absolute Gasteiger partial charge is 0.207 e. The molecule has 0 heterocycles. The Morgan fingerprint density at radius 2 is 1.71 bits per heavy atom. The average Bonchev–Trinajstić information content (AvgIpc) is 2.16. The molecule has 1 rings (SSSR count). The van der Waals surface area contributed by atoms with Crippen molar-refractivity contribution in [1.82, 2.24) is 9.91 Å². The number of nitrogens with one attached hydrogen (secondary N) is 1. The summed E-state index contributed by atoms with van der Waals surface area (Å²) in [6.45, 7) is 0. The van der Waals surface area contributed by atoms with Crippen molar-refractivity contribution in [1.29, 1.82) is 5.41 Å². The molecule has 1 aliphatic rings. The highest BCUT2D eigenvalue weighted by atomic mass is 15.5. The van der Waals surface area contributed by atoms with E-state index in [1.807, 2.05) is 11.9 Å². The van der Waals surface area contributed by atoms with Gasteiger partial charge in [0.25, 0.3) is 0 Å². The van der Waals surface area contributed by atoms with Gasteiger partial charge in [-0.1, -0.05) is 0 Å². The van der Waals surface area contributed by atoms with Gasteiger partial charge in [0.2, 0.25) is 5.96 Å². The molecular formula is C9H21N5. The minimum Gasteiger partial charge on any atom is -0.342 e. The molecule has 82 valence electrons. The zero-order chi connectivity index (χ0) is 10.7. The molecule has 0 amide bonds. The number of hydrazine groups is 1. The fourth-order valence-corrected chi connectivity index (χ4v) is 1.91. The van der Waals surface area contributed by atoms with Crippen LogP contribution in [0.25, 0.3) is 0 Å². The van der Waals surface area contributed by atoms with Crippen LogP contribution in [0.4, 0.5) is 0 Å². The summed E-state index contributed by atoms with van der Waals surface area (Å²) < 4.78 is 0. The number of hydrogen-bond acceptors (Lipinski definition) is 3. The molecule has 1 aliphatic carbocycles. The van der Waals surface area contributed by atoms with Gasteiger partial charge >= 0.3 is 0 Å². The highest BCUT2D eigenvalue weighted by Gasteiger charge is 2.24. The van der Waals surface area contributed by atoms with E-state index < -0.39 is 0 Å². The van der Waals surface area contributed by atoms with Crippen LogP contribution in [0, 0.1) is 5.41 Å². The summed E-state index contributed by atoms with van der Waals surface area (Å²) in [5.41, 5.74) is 5.83. The second-order valence-electron chi connectivity index (χ2n) is 4.11. The molecule has 14 heavy (non-hydrogen) atoms. The molecule has 5 N–H and O–H groups in total. The number of nitrogens with zero attached hydrogens (tertiary/aromatic N) is 2. The highest BCUT2D eigenvalue weighted by Crippen LogP contribution is 2.21. The maximum atomic E-state index is 7.73. The van der Waals surface area contributed by atoms with Gasteiger partial charge in [0.1, 0.15) is 0 Å². The average molecular weight is 199 g/mol. The number of guanidine groups is 1. The van der Waals surface area contributed by atoms with Crippen LogP contribution in [0.1, 0.15) is 25.7 Å². The Morgan fingerprint density at radius 1 is 1.21 bits per heavy atom. The molecule has 1 saturated carbocycles. The zero-order valence-electron chi connectivity index (χ0n) is 9.03. The van der Waals surface area contributed by atoms with Crippen molar-refractivity contribution >= 4 is 5.96 Å². The van der Waals surface area contributed by atoms with Crippen LogP contribution in [0.2, 0.25) is 0 Å². The minimum atomic E-state index is 0.351. The molecule has 0 aromatic rings. The third-order valence-electron chi connectivity index (χ3n) is 2.96. The lowest BCUT2D eigenvalue weighted by molar-refractivity contribution is 0.237. The van der Waals surface area contributed by atoms with Gasteiger partial charge in [-0.15, -0.1) is 0 Å². The van der Waals surface area contributed by atoms with Gasteiger partial charge in [0.15, 0.2) is 0 Å². The van der Waals surface area contributed by atoms with Crippen molar-refractivity contribution in [3.8, 4) is 0 Å². The molecule has 5 heteroatoms. The lowest BCUT2D eigenvalue weighted by atomic mass is 9.91. The van der Waals surface area contributed by atoms with Gasteiger partial charge in [-0.3, -0.25) is 10.4 Å². The molecule has 0 bridgehead atoms. The first-order valence-electron chi connectivity index (χ1n) is 5.07. The maximum Gasteiger partial charge on any atom is 0.207 e. The monoisotopic (exact) mass is 199 g/mol. The first-order chi connectivity index (χ1) is 6.52. The third kappa shape index (κ3) is 2.59. The van der Waals surface area contributed by atoms with E-state index in [9.17, 15) is 0 Å². The van der Waals surface area contributed by atoms with Crippen LogP contribution < -0.4 is 11.6 Å². The Balaban J connectivity index is 2.45. The van der Waals surface area contributed by atoms with Gasteiger partial charge in [-0.25, -0.2) is 5.84 Å². The minimum absolute atomic E-state index is 0.351. The standard InChI is InChI=1S/C9H21N5/c1-13(9(11)14(2)12)8-5-3-7(10)4-6-8/h7-8,11H,3-6,10,12H2,1-2H3. The van der Waals surface area contributed by atoms with Crippen LogP contribution in [-0.4, -0.2) is 42.0 Å². The maximum absolute atomic E-state index is 7.73. The molecule has 0 aliphatic heterocycles. The highest BCUT2D eigenvalue weighted by molar-refractivity contribution is 5.76. The molecule has 0 aromatic heterocycles. The van der Waals surface area contributed by atoms with Crippen LogP contribution in [-0.2, 0) is 0 Å². The van der Waals surface area contributed by atoms with E-state index in [0.717, 1.165) is 25.7 Å². The first kappa shape index (κ1) is 11.3. The van der Waals surface area contributed by atoms with Gasteiger partial charge in [0.05, 0.1) is 0 Å². The Hall–Kier alpha value is -0.810. The van der Waals surface area contributed by atoms with Crippen LogP contribution in [0.3, 0.4) is 0 Å². The van der Waals surface area contributed by atoms with E-state index in [1.54, 1.807) is 7.05 Å². The summed E-state index contributed by atoms with van der Waals surface area (Å²) in [5.74, 6) is 5.88. The van der Waals surface area contributed by atoms with Crippen molar-refractivity contribution in [2.24, 2.45) is 11.6 Å². The first-order valence-corrected chi connectivity index (χ1v) is 5.07. The topological polar surface area (TPSA) is 82.4 Å². The molecule has 0 atom stereocenters. The predicted molar refractivity (Wildman–Crippen MR) is 57.7 cm³/mol. The summed E-state index contributed by atoms with van der Waals surface area (Å²) >= 11 is 0.